The highest BCUT2D eigenvalue weighted by Crippen LogP contribution is 2.18. The molecule has 1 aromatic heterocycles. The molecule has 0 saturated carbocycles. The topological polar surface area (TPSA) is 68.0 Å². The third kappa shape index (κ3) is 3.37. The van der Waals surface area contributed by atoms with E-state index in [-0.39, 0.29) is 11.8 Å². The normalized spacial score (nSPS) is 10.7. The first-order valence-electron chi connectivity index (χ1n) is 5.94. The van der Waals surface area contributed by atoms with Crippen LogP contribution in [0.2, 0.25) is 0 Å². The number of carbonyl (C=O) groups excluding carboxylic acids is 1. The van der Waals surface area contributed by atoms with E-state index in [4.69, 9.17) is 4.42 Å². The van der Waals surface area contributed by atoms with Crippen LogP contribution in [0.1, 0.15) is 24.5 Å². The second-order valence-corrected chi connectivity index (χ2v) is 4.53. The van der Waals surface area contributed by atoms with Crippen molar-refractivity contribution in [1.29, 1.82) is 0 Å². The Balaban J connectivity index is 2.13. The highest BCUT2D eigenvalue weighted by Gasteiger charge is 2.15. The third-order valence-corrected chi connectivity index (χ3v) is 2.36. The standard InChI is InChI=1S/C13H14FN3O2/c1-8(2)7-15-11(18)13-17-16-12(19-13)9-4-3-5-10(14)6-9/h3-6,8H,7H2,1-2H3,(H,15,18). The minimum absolute atomic E-state index is 0.120. The summed E-state index contributed by atoms with van der Waals surface area (Å²) in [6.07, 6.45) is 0. The fraction of sp³-hybridized carbons (Fsp3) is 0.308. The van der Waals surface area contributed by atoms with Crippen LogP contribution in [0.25, 0.3) is 11.5 Å². The average Bonchev–Trinajstić information content (AvgIpc) is 2.85. The van der Waals surface area contributed by atoms with E-state index in [0.29, 0.717) is 18.0 Å². The van der Waals surface area contributed by atoms with Crippen molar-refractivity contribution in [3.8, 4) is 11.5 Å². The first-order chi connectivity index (χ1) is 9.06. The molecular weight excluding hydrogens is 249 g/mol. The van der Waals surface area contributed by atoms with E-state index in [1.54, 1.807) is 6.07 Å². The van der Waals surface area contributed by atoms with Crippen LogP contribution >= 0.6 is 0 Å². The number of halogens is 1. The molecule has 0 spiro atoms. The molecule has 0 unspecified atom stereocenters. The lowest BCUT2D eigenvalue weighted by molar-refractivity contribution is 0.0915. The molecule has 0 aliphatic carbocycles. The van der Waals surface area contributed by atoms with Gasteiger partial charge in [-0.15, -0.1) is 10.2 Å². The van der Waals surface area contributed by atoms with Crippen LogP contribution in [-0.2, 0) is 0 Å². The van der Waals surface area contributed by atoms with E-state index < -0.39 is 11.7 Å². The zero-order valence-corrected chi connectivity index (χ0v) is 10.7. The van der Waals surface area contributed by atoms with Crippen molar-refractivity contribution in [3.63, 3.8) is 0 Å². The lowest BCUT2D eigenvalue weighted by Crippen LogP contribution is -2.27. The fourth-order valence-electron chi connectivity index (χ4n) is 1.43. The van der Waals surface area contributed by atoms with Crippen LogP contribution in [0.3, 0.4) is 0 Å². The van der Waals surface area contributed by atoms with Gasteiger partial charge in [-0.05, 0) is 24.1 Å². The Hall–Kier alpha value is -2.24. The lowest BCUT2D eigenvalue weighted by Gasteiger charge is -2.04. The molecule has 1 N–H and O–H groups in total. The van der Waals surface area contributed by atoms with E-state index in [2.05, 4.69) is 15.5 Å². The summed E-state index contributed by atoms with van der Waals surface area (Å²) in [4.78, 5) is 11.7. The molecule has 0 atom stereocenters. The van der Waals surface area contributed by atoms with Crippen LogP contribution in [0.15, 0.2) is 28.7 Å². The van der Waals surface area contributed by atoms with E-state index in [1.165, 1.54) is 18.2 Å². The number of rotatable bonds is 4. The lowest BCUT2D eigenvalue weighted by atomic mass is 10.2. The predicted molar refractivity (Wildman–Crippen MR) is 66.9 cm³/mol. The van der Waals surface area contributed by atoms with Crippen LogP contribution in [0.4, 0.5) is 4.39 Å². The maximum atomic E-state index is 13.1. The molecule has 6 heteroatoms. The molecule has 0 saturated heterocycles. The molecule has 1 amide bonds. The Bertz CT molecular complexity index is 581. The number of nitrogens with zero attached hydrogens (tertiary/aromatic N) is 2. The van der Waals surface area contributed by atoms with Crippen LogP contribution in [-0.4, -0.2) is 22.6 Å². The zero-order chi connectivity index (χ0) is 13.8. The van der Waals surface area contributed by atoms with Crippen LogP contribution in [0, 0.1) is 11.7 Å². The van der Waals surface area contributed by atoms with Gasteiger partial charge in [0.1, 0.15) is 5.82 Å². The van der Waals surface area contributed by atoms with Crippen molar-refractivity contribution in [2.24, 2.45) is 5.92 Å². The summed E-state index contributed by atoms with van der Waals surface area (Å²) in [6.45, 7) is 4.48. The molecule has 2 rings (SSSR count). The van der Waals surface area contributed by atoms with Gasteiger partial charge in [-0.2, -0.15) is 0 Å². The Morgan fingerprint density at radius 2 is 2.21 bits per heavy atom. The molecular formula is C13H14FN3O2. The number of aromatic nitrogens is 2. The van der Waals surface area contributed by atoms with Crippen molar-refractivity contribution < 1.29 is 13.6 Å². The van der Waals surface area contributed by atoms with E-state index in [9.17, 15) is 9.18 Å². The van der Waals surface area contributed by atoms with Crippen molar-refractivity contribution in [3.05, 3.63) is 36.0 Å². The Morgan fingerprint density at radius 1 is 1.42 bits per heavy atom. The molecule has 100 valence electrons. The van der Waals surface area contributed by atoms with Crippen molar-refractivity contribution in [1.82, 2.24) is 15.5 Å². The van der Waals surface area contributed by atoms with Gasteiger partial charge in [0.2, 0.25) is 5.89 Å². The van der Waals surface area contributed by atoms with Gasteiger partial charge in [-0.3, -0.25) is 4.79 Å². The van der Waals surface area contributed by atoms with Crippen molar-refractivity contribution in [2.75, 3.05) is 6.54 Å². The van der Waals surface area contributed by atoms with Gasteiger partial charge >= 0.3 is 11.8 Å². The van der Waals surface area contributed by atoms with Crippen molar-refractivity contribution in [2.45, 2.75) is 13.8 Å². The predicted octanol–water partition coefficient (Wildman–Crippen LogP) is 2.26. The second kappa shape index (κ2) is 5.60. The van der Waals surface area contributed by atoms with Gasteiger partial charge in [-0.1, -0.05) is 19.9 Å². The fourth-order valence-corrected chi connectivity index (χ4v) is 1.43. The summed E-state index contributed by atoms with van der Waals surface area (Å²) in [7, 11) is 0. The summed E-state index contributed by atoms with van der Waals surface area (Å²) in [6, 6.07) is 5.75. The largest absolute Gasteiger partial charge is 0.412 e. The van der Waals surface area contributed by atoms with Gasteiger partial charge in [0.25, 0.3) is 0 Å². The van der Waals surface area contributed by atoms with Crippen LogP contribution in [0.5, 0.6) is 0 Å². The first kappa shape index (κ1) is 13.2. The molecule has 5 nitrogen and oxygen atoms in total. The molecule has 0 radical (unpaired) electrons. The number of amides is 1. The van der Waals surface area contributed by atoms with Gasteiger partial charge in [0.05, 0.1) is 0 Å². The molecule has 0 bridgehead atoms. The minimum atomic E-state index is -0.427. The molecule has 1 aromatic carbocycles. The molecule has 19 heavy (non-hydrogen) atoms. The summed E-state index contributed by atoms with van der Waals surface area (Å²) >= 11 is 0. The van der Waals surface area contributed by atoms with Gasteiger partial charge in [-0.25, -0.2) is 4.39 Å². The Kier molecular flexibility index (Phi) is 3.89. The molecule has 0 fully saturated rings. The smallest absolute Gasteiger partial charge is 0.308 e. The molecule has 0 aliphatic heterocycles. The van der Waals surface area contributed by atoms with Gasteiger partial charge in [0.15, 0.2) is 0 Å². The summed E-state index contributed by atoms with van der Waals surface area (Å²) in [5.74, 6) is -0.506. The van der Waals surface area contributed by atoms with Crippen molar-refractivity contribution >= 4 is 5.91 Å². The maximum absolute atomic E-state index is 13.1. The monoisotopic (exact) mass is 263 g/mol. The van der Waals surface area contributed by atoms with Crippen LogP contribution < -0.4 is 5.32 Å². The highest BCUT2D eigenvalue weighted by atomic mass is 19.1. The average molecular weight is 263 g/mol. The Labute approximate surface area is 109 Å². The summed E-state index contributed by atoms with van der Waals surface area (Å²) in [5, 5.41) is 10.0. The quantitative estimate of drug-likeness (QED) is 0.918. The summed E-state index contributed by atoms with van der Waals surface area (Å²) in [5.41, 5.74) is 0.440. The number of carbonyl (C=O) groups is 1. The maximum Gasteiger partial charge on any atom is 0.308 e. The number of benzene rings is 1. The zero-order valence-electron chi connectivity index (χ0n) is 10.7. The number of hydrogen-bond acceptors (Lipinski definition) is 4. The van der Waals surface area contributed by atoms with Gasteiger partial charge in [0, 0.05) is 12.1 Å². The highest BCUT2D eigenvalue weighted by molar-refractivity contribution is 5.89. The Morgan fingerprint density at radius 3 is 2.89 bits per heavy atom. The van der Waals surface area contributed by atoms with Gasteiger partial charge < -0.3 is 9.73 Å². The number of nitrogens with one attached hydrogen (secondary N) is 1. The minimum Gasteiger partial charge on any atom is -0.412 e. The van der Waals surface area contributed by atoms with E-state index in [1.807, 2.05) is 13.8 Å². The molecule has 1 heterocycles. The number of hydrogen-bond donors (Lipinski definition) is 1. The molecule has 2 aromatic rings. The summed E-state index contributed by atoms with van der Waals surface area (Å²) < 4.78 is 18.3. The SMILES string of the molecule is CC(C)CNC(=O)c1nnc(-c2cccc(F)c2)o1. The first-order valence-corrected chi connectivity index (χ1v) is 5.94. The van der Waals surface area contributed by atoms with E-state index in [0.717, 1.165) is 0 Å². The van der Waals surface area contributed by atoms with E-state index >= 15 is 0 Å². The second-order valence-electron chi connectivity index (χ2n) is 4.53. The third-order valence-electron chi connectivity index (χ3n) is 2.36. The molecule has 0 aliphatic rings.